The molecule has 2 fully saturated rings. The zero-order chi connectivity index (χ0) is 14.7. The number of hydrogen-bond acceptors (Lipinski definition) is 3. The molecule has 1 aromatic rings. The Balaban J connectivity index is 1.64. The zero-order valence-electron chi connectivity index (χ0n) is 12.3. The monoisotopic (exact) mass is 283 g/mol. The smallest absolute Gasteiger partial charge is 0.244 e. The van der Waals surface area contributed by atoms with Gasteiger partial charge in [-0.15, -0.1) is 0 Å². The van der Waals surface area contributed by atoms with E-state index in [9.17, 15) is 10.1 Å². The SMILES string of the molecule is N#CC1(C(=O)Nc2ccc(N3CCCCC3)cc2)CCC1. The summed E-state index contributed by atoms with van der Waals surface area (Å²) in [5.41, 5.74) is 1.21. The largest absolute Gasteiger partial charge is 0.372 e. The molecule has 1 aliphatic carbocycles. The lowest BCUT2D eigenvalue weighted by Gasteiger charge is -2.33. The third kappa shape index (κ3) is 2.73. The van der Waals surface area contributed by atoms with Gasteiger partial charge < -0.3 is 10.2 Å². The van der Waals surface area contributed by atoms with Gasteiger partial charge in [0.15, 0.2) is 0 Å². The lowest BCUT2D eigenvalue weighted by atomic mass is 9.69. The number of nitrogens with one attached hydrogen (secondary N) is 1. The Morgan fingerprint density at radius 2 is 1.76 bits per heavy atom. The van der Waals surface area contributed by atoms with E-state index in [0.29, 0.717) is 12.8 Å². The molecule has 2 aliphatic rings. The molecule has 4 heteroatoms. The van der Waals surface area contributed by atoms with E-state index in [0.717, 1.165) is 25.2 Å². The number of anilines is 2. The molecule has 0 bridgehead atoms. The predicted octanol–water partition coefficient (Wildman–Crippen LogP) is 3.31. The molecule has 1 aliphatic heterocycles. The Hall–Kier alpha value is -2.02. The van der Waals surface area contributed by atoms with Crippen LogP contribution < -0.4 is 10.2 Å². The number of benzene rings is 1. The lowest BCUT2D eigenvalue weighted by Crippen LogP contribution is -2.40. The minimum atomic E-state index is -0.786. The molecule has 1 aromatic carbocycles. The molecule has 21 heavy (non-hydrogen) atoms. The van der Waals surface area contributed by atoms with E-state index < -0.39 is 5.41 Å². The van der Waals surface area contributed by atoms with Crippen LogP contribution >= 0.6 is 0 Å². The summed E-state index contributed by atoms with van der Waals surface area (Å²) in [4.78, 5) is 14.6. The Bertz CT molecular complexity index is 548. The summed E-state index contributed by atoms with van der Waals surface area (Å²) in [7, 11) is 0. The zero-order valence-corrected chi connectivity index (χ0v) is 12.3. The highest BCUT2D eigenvalue weighted by atomic mass is 16.2. The van der Waals surface area contributed by atoms with Gasteiger partial charge >= 0.3 is 0 Å². The second-order valence-corrected chi connectivity index (χ2v) is 6.10. The van der Waals surface area contributed by atoms with E-state index in [1.165, 1.54) is 24.9 Å². The second kappa shape index (κ2) is 5.77. The van der Waals surface area contributed by atoms with Crippen LogP contribution in [0.5, 0.6) is 0 Å². The number of nitriles is 1. The second-order valence-electron chi connectivity index (χ2n) is 6.10. The molecular formula is C17H21N3O. The van der Waals surface area contributed by atoms with Gasteiger partial charge in [0.2, 0.25) is 5.91 Å². The normalized spacial score (nSPS) is 20.2. The first-order chi connectivity index (χ1) is 10.2. The first-order valence-corrected chi connectivity index (χ1v) is 7.81. The third-order valence-corrected chi connectivity index (χ3v) is 4.70. The molecule has 0 spiro atoms. The van der Waals surface area contributed by atoms with E-state index in [1.807, 2.05) is 12.1 Å². The molecular weight excluding hydrogens is 262 g/mol. The average Bonchev–Trinajstić information content (AvgIpc) is 2.48. The van der Waals surface area contributed by atoms with Gasteiger partial charge in [-0.2, -0.15) is 5.26 Å². The Morgan fingerprint density at radius 3 is 2.29 bits per heavy atom. The number of rotatable bonds is 3. The summed E-state index contributed by atoms with van der Waals surface area (Å²) in [6.07, 6.45) is 6.16. The Kier molecular flexibility index (Phi) is 3.83. The highest BCUT2D eigenvalue weighted by Crippen LogP contribution is 2.41. The number of nitrogens with zero attached hydrogens (tertiary/aromatic N) is 2. The maximum atomic E-state index is 12.2. The molecule has 1 saturated carbocycles. The topological polar surface area (TPSA) is 56.1 Å². The van der Waals surface area contributed by atoms with Crippen molar-refractivity contribution < 1.29 is 4.79 Å². The number of carbonyl (C=O) groups excluding carboxylic acids is 1. The van der Waals surface area contributed by atoms with Crippen LogP contribution in [-0.2, 0) is 4.79 Å². The average molecular weight is 283 g/mol. The van der Waals surface area contributed by atoms with Crippen LogP contribution in [-0.4, -0.2) is 19.0 Å². The van der Waals surface area contributed by atoms with Gasteiger partial charge in [0.05, 0.1) is 6.07 Å². The van der Waals surface area contributed by atoms with Crippen LogP contribution in [0.4, 0.5) is 11.4 Å². The van der Waals surface area contributed by atoms with Crippen LogP contribution in [0.25, 0.3) is 0 Å². The first-order valence-electron chi connectivity index (χ1n) is 7.81. The van der Waals surface area contributed by atoms with E-state index in [4.69, 9.17) is 0 Å². The molecule has 0 unspecified atom stereocenters. The van der Waals surface area contributed by atoms with Gasteiger partial charge in [-0.3, -0.25) is 4.79 Å². The highest BCUT2D eigenvalue weighted by molar-refractivity contribution is 5.97. The number of carbonyl (C=O) groups is 1. The predicted molar refractivity (Wildman–Crippen MR) is 83.0 cm³/mol. The fraction of sp³-hybridized carbons (Fsp3) is 0.529. The van der Waals surface area contributed by atoms with Crippen LogP contribution in [0.3, 0.4) is 0 Å². The molecule has 4 nitrogen and oxygen atoms in total. The maximum Gasteiger partial charge on any atom is 0.244 e. The summed E-state index contributed by atoms with van der Waals surface area (Å²) in [6.45, 7) is 2.23. The van der Waals surface area contributed by atoms with Crippen molar-refractivity contribution in [3.8, 4) is 6.07 Å². The molecule has 3 rings (SSSR count). The minimum Gasteiger partial charge on any atom is -0.372 e. The molecule has 0 atom stereocenters. The summed E-state index contributed by atoms with van der Waals surface area (Å²) in [6, 6.07) is 10.2. The van der Waals surface area contributed by atoms with E-state index in [1.54, 1.807) is 0 Å². The van der Waals surface area contributed by atoms with Gasteiger partial charge in [0.1, 0.15) is 5.41 Å². The van der Waals surface area contributed by atoms with Crippen molar-refractivity contribution in [3.05, 3.63) is 24.3 Å². The Morgan fingerprint density at radius 1 is 1.10 bits per heavy atom. The van der Waals surface area contributed by atoms with E-state index >= 15 is 0 Å². The first kappa shape index (κ1) is 13.9. The molecule has 110 valence electrons. The molecule has 0 aromatic heterocycles. The van der Waals surface area contributed by atoms with Crippen LogP contribution in [0.15, 0.2) is 24.3 Å². The fourth-order valence-corrected chi connectivity index (χ4v) is 3.08. The van der Waals surface area contributed by atoms with Crippen molar-refractivity contribution in [2.75, 3.05) is 23.3 Å². The van der Waals surface area contributed by atoms with Crippen molar-refractivity contribution in [1.82, 2.24) is 0 Å². The number of hydrogen-bond donors (Lipinski definition) is 1. The summed E-state index contributed by atoms with van der Waals surface area (Å²) < 4.78 is 0. The summed E-state index contributed by atoms with van der Waals surface area (Å²) in [5.74, 6) is -0.151. The van der Waals surface area contributed by atoms with Gasteiger partial charge in [-0.25, -0.2) is 0 Å². The van der Waals surface area contributed by atoms with Gasteiger partial charge in [0.25, 0.3) is 0 Å². The van der Waals surface area contributed by atoms with Crippen molar-refractivity contribution in [1.29, 1.82) is 5.26 Å². The fourth-order valence-electron chi connectivity index (χ4n) is 3.08. The standard InChI is InChI=1S/C17H21N3O/c18-13-17(9-4-10-17)16(21)19-14-5-7-15(8-6-14)20-11-2-1-3-12-20/h5-8H,1-4,9-12H2,(H,19,21). The minimum absolute atomic E-state index is 0.151. The van der Waals surface area contributed by atoms with Crippen LogP contribution in [0.2, 0.25) is 0 Å². The van der Waals surface area contributed by atoms with Gasteiger partial charge in [-0.05, 0) is 62.8 Å². The van der Waals surface area contributed by atoms with E-state index in [-0.39, 0.29) is 5.91 Å². The summed E-state index contributed by atoms with van der Waals surface area (Å²) >= 11 is 0. The maximum absolute atomic E-state index is 12.2. The highest BCUT2D eigenvalue weighted by Gasteiger charge is 2.44. The van der Waals surface area contributed by atoms with Gasteiger partial charge in [0, 0.05) is 24.5 Å². The molecule has 0 radical (unpaired) electrons. The molecule has 1 N–H and O–H groups in total. The lowest BCUT2D eigenvalue weighted by molar-refractivity contribution is -0.126. The van der Waals surface area contributed by atoms with Crippen LogP contribution in [0, 0.1) is 16.7 Å². The molecule has 1 amide bonds. The third-order valence-electron chi connectivity index (χ3n) is 4.70. The molecule has 1 heterocycles. The van der Waals surface area contributed by atoms with Crippen molar-refractivity contribution >= 4 is 17.3 Å². The van der Waals surface area contributed by atoms with Crippen molar-refractivity contribution in [3.63, 3.8) is 0 Å². The van der Waals surface area contributed by atoms with Gasteiger partial charge in [-0.1, -0.05) is 0 Å². The summed E-state index contributed by atoms with van der Waals surface area (Å²) in [5, 5.41) is 12.1. The van der Waals surface area contributed by atoms with E-state index in [2.05, 4.69) is 28.4 Å². The van der Waals surface area contributed by atoms with Crippen molar-refractivity contribution in [2.24, 2.45) is 5.41 Å². The molecule has 1 saturated heterocycles. The quantitative estimate of drug-likeness (QED) is 0.926. The Labute approximate surface area is 125 Å². The van der Waals surface area contributed by atoms with Crippen LogP contribution in [0.1, 0.15) is 38.5 Å². The van der Waals surface area contributed by atoms with Crippen molar-refractivity contribution in [2.45, 2.75) is 38.5 Å². The number of amides is 1. The number of piperidine rings is 1.